The Morgan fingerprint density at radius 2 is 2.11 bits per heavy atom. The molecule has 5 heteroatoms. The van der Waals surface area contributed by atoms with Crippen LogP contribution in [0.1, 0.15) is 18.4 Å². The molecule has 5 nitrogen and oxygen atoms in total. The lowest BCUT2D eigenvalue weighted by Gasteiger charge is -2.16. The first-order chi connectivity index (χ1) is 8.68. The predicted molar refractivity (Wildman–Crippen MR) is 72.0 cm³/mol. The lowest BCUT2D eigenvalue weighted by Crippen LogP contribution is -2.26. The van der Waals surface area contributed by atoms with Crippen molar-refractivity contribution in [2.45, 2.75) is 19.8 Å². The van der Waals surface area contributed by atoms with E-state index in [1.54, 1.807) is 19.1 Å². The van der Waals surface area contributed by atoms with Crippen LogP contribution < -0.4 is 5.32 Å². The highest BCUT2D eigenvalue weighted by molar-refractivity contribution is 5.59. The molecule has 0 bridgehead atoms. The molecule has 1 aromatic carbocycles. The van der Waals surface area contributed by atoms with Crippen molar-refractivity contribution in [3.05, 3.63) is 33.9 Å². The predicted octanol–water partition coefficient (Wildman–Crippen LogP) is 2.41. The first kappa shape index (κ1) is 12.8. The van der Waals surface area contributed by atoms with E-state index < -0.39 is 0 Å². The van der Waals surface area contributed by atoms with Gasteiger partial charge in [0.15, 0.2) is 0 Å². The smallest absolute Gasteiger partial charge is 0.274 e. The van der Waals surface area contributed by atoms with Gasteiger partial charge in [0.25, 0.3) is 5.69 Å². The first-order valence-electron chi connectivity index (χ1n) is 6.39. The maximum absolute atomic E-state index is 10.8. The number of nitrogens with zero attached hydrogens (tertiary/aromatic N) is 2. The molecule has 0 aliphatic carbocycles. The molecule has 0 unspecified atom stereocenters. The molecule has 1 aliphatic rings. The molecule has 0 spiro atoms. The van der Waals surface area contributed by atoms with Crippen molar-refractivity contribution in [2.75, 3.05) is 31.5 Å². The zero-order chi connectivity index (χ0) is 13.0. The zero-order valence-electron chi connectivity index (χ0n) is 10.7. The number of hydrogen-bond acceptors (Lipinski definition) is 4. The van der Waals surface area contributed by atoms with Crippen LogP contribution in [0.3, 0.4) is 0 Å². The molecule has 0 aromatic heterocycles. The van der Waals surface area contributed by atoms with Crippen LogP contribution in [0.2, 0.25) is 0 Å². The van der Waals surface area contributed by atoms with Crippen LogP contribution in [-0.2, 0) is 0 Å². The SMILES string of the molecule is Cc1c(NCCN2CCCC2)cccc1[N+](=O)[O-]. The van der Waals surface area contributed by atoms with Crippen LogP contribution in [-0.4, -0.2) is 36.0 Å². The fourth-order valence-corrected chi connectivity index (χ4v) is 2.37. The summed E-state index contributed by atoms with van der Waals surface area (Å²) in [5.74, 6) is 0. The molecule has 2 rings (SSSR count). The topological polar surface area (TPSA) is 58.4 Å². The number of nitrogens with one attached hydrogen (secondary N) is 1. The molecule has 0 radical (unpaired) electrons. The maximum atomic E-state index is 10.8. The molecular formula is C13H19N3O2. The fraction of sp³-hybridized carbons (Fsp3) is 0.538. The normalized spacial score (nSPS) is 15.8. The van der Waals surface area contributed by atoms with Crippen LogP contribution in [0.25, 0.3) is 0 Å². The van der Waals surface area contributed by atoms with E-state index in [9.17, 15) is 10.1 Å². The van der Waals surface area contributed by atoms with E-state index >= 15 is 0 Å². The van der Waals surface area contributed by atoms with Crippen LogP contribution in [0.5, 0.6) is 0 Å². The molecule has 98 valence electrons. The molecule has 1 heterocycles. The molecular weight excluding hydrogens is 230 g/mol. The van der Waals surface area contributed by atoms with Gasteiger partial charge in [-0.05, 0) is 38.9 Å². The van der Waals surface area contributed by atoms with Crippen LogP contribution in [0, 0.1) is 17.0 Å². The zero-order valence-corrected chi connectivity index (χ0v) is 10.7. The van der Waals surface area contributed by atoms with E-state index in [4.69, 9.17) is 0 Å². The van der Waals surface area contributed by atoms with E-state index in [0.717, 1.165) is 18.8 Å². The molecule has 0 saturated carbocycles. The van der Waals surface area contributed by atoms with E-state index in [1.807, 2.05) is 6.07 Å². The second-order valence-corrected chi connectivity index (χ2v) is 4.68. The fourth-order valence-electron chi connectivity index (χ4n) is 2.37. The summed E-state index contributed by atoms with van der Waals surface area (Å²) in [5, 5.41) is 14.1. The summed E-state index contributed by atoms with van der Waals surface area (Å²) < 4.78 is 0. The average Bonchev–Trinajstić information content (AvgIpc) is 2.84. The number of hydrogen-bond donors (Lipinski definition) is 1. The highest BCUT2D eigenvalue weighted by Gasteiger charge is 2.14. The van der Waals surface area contributed by atoms with Crippen molar-refractivity contribution in [3.63, 3.8) is 0 Å². The molecule has 18 heavy (non-hydrogen) atoms. The number of anilines is 1. The number of rotatable bonds is 5. The minimum Gasteiger partial charge on any atom is -0.383 e. The van der Waals surface area contributed by atoms with Gasteiger partial charge in [-0.15, -0.1) is 0 Å². The second kappa shape index (κ2) is 5.82. The van der Waals surface area contributed by atoms with E-state index in [-0.39, 0.29) is 10.6 Å². The first-order valence-corrected chi connectivity index (χ1v) is 6.39. The lowest BCUT2D eigenvalue weighted by atomic mass is 10.1. The number of nitro groups is 1. The Labute approximate surface area is 107 Å². The standard InChI is InChI=1S/C13H19N3O2/c1-11-12(5-4-6-13(11)16(17)18)14-7-10-15-8-2-3-9-15/h4-6,14H,2-3,7-10H2,1H3. The summed E-state index contributed by atoms with van der Waals surface area (Å²) in [6.45, 7) is 5.98. The summed E-state index contributed by atoms with van der Waals surface area (Å²) in [6, 6.07) is 5.16. The van der Waals surface area contributed by atoms with E-state index in [0.29, 0.717) is 5.56 Å². The largest absolute Gasteiger partial charge is 0.383 e. The summed E-state index contributed by atoms with van der Waals surface area (Å²) in [7, 11) is 0. The minimum atomic E-state index is -0.332. The Bertz CT molecular complexity index is 428. The van der Waals surface area contributed by atoms with Crippen molar-refractivity contribution in [3.8, 4) is 0 Å². The van der Waals surface area contributed by atoms with Crippen LogP contribution in [0.15, 0.2) is 18.2 Å². The van der Waals surface area contributed by atoms with Gasteiger partial charge in [-0.2, -0.15) is 0 Å². The Morgan fingerprint density at radius 3 is 2.78 bits per heavy atom. The average molecular weight is 249 g/mol. The van der Waals surface area contributed by atoms with Gasteiger partial charge < -0.3 is 10.2 Å². The van der Waals surface area contributed by atoms with Gasteiger partial charge in [-0.1, -0.05) is 6.07 Å². The van der Waals surface area contributed by atoms with Gasteiger partial charge in [0.05, 0.1) is 4.92 Å². The monoisotopic (exact) mass is 249 g/mol. The summed E-state index contributed by atoms with van der Waals surface area (Å²) in [4.78, 5) is 12.9. The Morgan fingerprint density at radius 1 is 1.39 bits per heavy atom. The number of nitro benzene ring substituents is 1. The molecule has 0 atom stereocenters. The van der Waals surface area contributed by atoms with Gasteiger partial charge in [-0.25, -0.2) is 0 Å². The third-order valence-corrected chi connectivity index (χ3v) is 3.44. The van der Waals surface area contributed by atoms with Crippen molar-refractivity contribution >= 4 is 11.4 Å². The molecule has 1 fully saturated rings. The van der Waals surface area contributed by atoms with Crippen molar-refractivity contribution in [1.29, 1.82) is 0 Å². The summed E-state index contributed by atoms with van der Waals surface area (Å²) >= 11 is 0. The third kappa shape index (κ3) is 2.98. The highest BCUT2D eigenvalue weighted by atomic mass is 16.6. The number of benzene rings is 1. The van der Waals surface area contributed by atoms with Gasteiger partial charge in [0, 0.05) is 30.4 Å². The van der Waals surface area contributed by atoms with Gasteiger partial charge in [0.2, 0.25) is 0 Å². The molecule has 1 saturated heterocycles. The molecule has 1 N–H and O–H groups in total. The van der Waals surface area contributed by atoms with Gasteiger partial charge in [0.1, 0.15) is 0 Å². The second-order valence-electron chi connectivity index (χ2n) is 4.68. The van der Waals surface area contributed by atoms with Gasteiger partial charge >= 0.3 is 0 Å². The molecule has 1 aliphatic heterocycles. The van der Waals surface area contributed by atoms with Crippen LogP contribution in [0.4, 0.5) is 11.4 Å². The molecule has 0 amide bonds. The maximum Gasteiger partial charge on any atom is 0.274 e. The van der Waals surface area contributed by atoms with Crippen molar-refractivity contribution in [1.82, 2.24) is 4.90 Å². The summed E-state index contributed by atoms with van der Waals surface area (Å²) in [5.41, 5.74) is 1.76. The number of likely N-dealkylation sites (tertiary alicyclic amines) is 1. The van der Waals surface area contributed by atoms with Crippen molar-refractivity contribution < 1.29 is 4.92 Å². The Kier molecular flexibility index (Phi) is 4.15. The Hall–Kier alpha value is -1.62. The van der Waals surface area contributed by atoms with Gasteiger partial charge in [-0.3, -0.25) is 10.1 Å². The summed E-state index contributed by atoms with van der Waals surface area (Å²) in [6.07, 6.45) is 2.58. The highest BCUT2D eigenvalue weighted by Crippen LogP contribution is 2.24. The Balaban J connectivity index is 1.92. The van der Waals surface area contributed by atoms with E-state index in [2.05, 4.69) is 10.2 Å². The minimum absolute atomic E-state index is 0.182. The van der Waals surface area contributed by atoms with Crippen molar-refractivity contribution in [2.24, 2.45) is 0 Å². The molecule has 1 aromatic rings. The lowest BCUT2D eigenvalue weighted by molar-refractivity contribution is -0.385. The quantitative estimate of drug-likeness (QED) is 0.643. The third-order valence-electron chi connectivity index (χ3n) is 3.44. The van der Waals surface area contributed by atoms with Crippen LogP contribution >= 0.6 is 0 Å². The van der Waals surface area contributed by atoms with E-state index in [1.165, 1.54) is 25.9 Å².